The summed E-state index contributed by atoms with van der Waals surface area (Å²) in [6, 6.07) is 5.45. The van der Waals surface area contributed by atoms with Gasteiger partial charge in [0.15, 0.2) is 0 Å². The van der Waals surface area contributed by atoms with Crippen LogP contribution in [0.15, 0.2) is 22.7 Å². The summed E-state index contributed by atoms with van der Waals surface area (Å²) in [5.74, 6) is -0.373. The fraction of sp³-hybridized carbons (Fsp3) is 0.529. The number of nitriles is 1. The molecule has 3 aliphatic rings. The van der Waals surface area contributed by atoms with E-state index < -0.39 is 11.7 Å². The van der Waals surface area contributed by atoms with E-state index >= 15 is 0 Å². The first-order chi connectivity index (χ1) is 11.2. The molecule has 0 radical (unpaired) electrons. The third-order valence-electron chi connectivity index (χ3n) is 5.40. The summed E-state index contributed by atoms with van der Waals surface area (Å²) in [5, 5.41) is 12.3. The third kappa shape index (κ3) is 3.04. The van der Waals surface area contributed by atoms with Crippen LogP contribution in [-0.4, -0.2) is 11.4 Å². The number of benzene rings is 1. The van der Waals surface area contributed by atoms with E-state index in [0.717, 1.165) is 50.7 Å². The second-order valence-electron chi connectivity index (χ2n) is 6.82. The molecule has 1 amide bonds. The first-order valence-corrected chi connectivity index (χ1v) is 8.59. The second kappa shape index (κ2) is 5.76. The molecule has 3 saturated carbocycles. The molecule has 0 aliphatic heterocycles. The van der Waals surface area contributed by atoms with Gasteiger partial charge in [-0.3, -0.25) is 4.79 Å². The number of nitrogens with one attached hydrogen (secondary N) is 1. The van der Waals surface area contributed by atoms with E-state index in [1.54, 1.807) is 0 Å². The second-order valence-corrected chi connectivity index (χ2v) is 7.67. The Morgan fingerprint density at radius 2 is 1.75 bits per heavy atom. The molecule has 3 aliphatic carbocycles. The normalized spacial score (nSPS) is 29.1. The zero-order valence-corrected chi connectivity index (χ0v) is 14.4. The lowest BCUT2D eigenvalue weighted by Gasteiger charge is -2.50. The van der Waals surface area contributed by atoms with Gasteiger partial charge in [-0.1, -0.05) is 0 Å². The molecular weight excluding hydrogens is 385 g/mol. The van der Waals surface area contributed by atoms with Gasteiger partial charge >= 0.3 is 6.18 Å². The Labute approximate surface area is 146 Å². The zero-order chi connectivity index (χ0) is 17.6. The molecule has 7 heteroatoms. The Balaban J connectivity index is 1.76. The maximum atomic E-state index is 12.7. The van der Waals surface area contributed by atoms with Crippen molar-refractivity contribution < 1.29 is 18.0 Å². The van der Waals surface area contributed by atoms with Gasteiger partial charge in [-0.25, -0.2) is 0 Å². The quantitative estimate of drug-likeness (QED) is 0.773. The molecule has 4 rings (SSSR count). The van der Waals surface area contributed by atoms with Gasteiger partial charge in [0.25, 0.3) is 5.91 Å². The summed E-state index contributed by atoms with van der Waals surface area (Å²) >= 11 is 3.07. The van der Waals surface area contributed by atoms with Crippen LogP contribution in [0.2, 0.25) is 0 Å². The molecule has 3 fully saturated rings. The molecule has 0 unspecified atom stereocenters. The van der Waals surface area contributed by atoms with Crippen LogP contribution < -0.4 is 5.32 Å². The van der Waals surface area contributed by atoms with Crippen molar-refractivity contribution in [3.8, 4) is 6.07 Å². The van der Waals surface area contributed by atoms with Gasteiger partial charge in [0.1, 0.15) is 0 Å². The van der Waals surface area contributed by atoms with Crippen molar-refractivity contribution >= 4 is 21.8 Å². The SMILES string of the molecule is N#CC12CCC(NC(=O)c3ccc(C(F)(F)F)cc3Br)(CC1)CC2. The van der Waals surface area contributed by atoms with Crippen molar-refractivity contribution in [3.05, 3.63) is 33.8 Å². The van der Waals surface area contributed by atoms with Crippen LogP contribution in [0.5, 0.6) is 0 Å². The Bertz CT molecular complexity index is 699. The molecule has 0 aromatic heterocycles. The number of hydrogen-bond acceptors (Lipinski definition) is 2. The van der Waals surface area contributed by atoms with Crippen molar-refractivity contribution in [2.24, 2.45) is 5.41 Å². The number of hydrogen-bond donors (Lipinski definition) is 1. The Kier molecular flexibility index (Phi) is 4.15. The first kappa shape index (κ1) is 17.3. The first-order valence-electron chi connectivity index (χ1n) is 7.79. The van der Waals surface area contributed by atoms with Gasteiger partial charge in [-0.15, -0.1) is 0 Å². The van der Waals surface area contributed by atoms with Gasteiger partial charge in [-0.05, 0) is 72.7 Å². The van der Waals surface area contributed by atoms with Crippen molar-refractivity contribution in [1.29, 1.82) is 5.26 Å². The van der Waals surface area contributed by atoms with Crippen molar-refractivity contribution in [2.45, 2.75) is 50.2 Å². The molecule has 0 spiro atoms. The zero-order valence-electron chi connectivity index (χ0n) is 12.8. The standard InChI is InChI=1S/C17H16BrF3N2O/c18-13-9-11(17(19,20)21)1-2-12(13)14(24)23-16-6-3-15(10-22,4-7-16)5-8-16/h1-2,9H,3-8H2,(H,23,24). The van der Waals surface area contributed by atoms with Crippen LogP contribution in [0.1, 0.15) is 54.4 Å². The predicted octanol–water partition coefficient (Wildman–Crippen LogP) is 4.81. The highest BCUT2D eigenvalue weighted by Gasteiger charge is 2.49. The van der Waals surface area contributed by atoms with E-state index in [2.05, 4.69) is 27.3 Å². The van der Waals surface area contributed by atoms with Crippen molar-refractivity contribution in [3.63, 3.8) is 0 Å². The summed E-state index contributed by atoms with van der Waals surface area (Å²) in [5.41, 5.74) is -1.18. The van der Waals surface area contributed by atoms with Crippen LogP contribution in [0.25, 0.3) is 0 Å². The average molecular weight is 401 g/mol. The largest absolute Gasteiger partial charge is 0.416 e. The Morgan fingerprint density at radius 3 is 2.21 bits per heavy atom. The minimum Gasteiger partial charge on any atom is -0.347 e. The van der Waals surface area contributed by atoms with E-state index in [-0.39, 0.29) is 26.9 Å². The van der Waals surface area contributed by atoms with Gasteiger partial charge < -0.3 is 5.32 Å². The smallest absolute Gasteiger partial charge is 0.347 e. The lowest BCUT2D eigenvalue weighted by atomic mass is 9.58. The predicted molar refractivity (Wildman–Crippen MR) is 85.1 cm³/mol. The van der Waals surface area contributed by atoms with Gasteiger partial charge in [0.2, 0.25) is 0 Å². The van der Waals surface area contributed by atoms with E-state index in [4.69, 9.17) is 0 Å². The number of nitrogens with zero attached hydrogens (tertiary/aromatic N) is 1. The number of alkyl halides is 3. The highest BCUT2D eigenvalue weighted by atomic mass is 79.9. The van der Waals surface area contributed by atoms with Crippen molar-refractivity contribution in [2.75, 3.05) is 0 Å². The van der Waals surface area contributed by atoms with E-state index in [9.17, 15) is 23.2 Å². The number of carbonyl (C=O) groups is 1. The summed E-state index contributed by atoms with van der Waals surface area (Å²) in [7, 11) is 0. The molecule has 1 aromatic carbocycles. The van der Waals surface area contributed by atoms with Crippen LogP contribution in [0, 0.1) is 16.7 Å². The molecule has 0 heterocycles. The Morgan fingerprint density at radius 1 is 1.17 bits per heavy atom. The molecule has 24 heavy (non-hydrogen) atoms. The van der Waals surface area contributed by atoms with Gasteiger partial charge in [0.05, 0.1) is 22.6 Å². The number of fused-ring (bicyclic) bond motifs is 3. The van der Waals surface area contributed by atoms with E-state index in [1.807, 2.05) is 0 Å². The van der Waals surface area contributed by atoms with Crippen LogP contribution in [0.4, 0.5) is 13.2 Å². The monoisotopic (exact) mass is 400 g/mol. The lowest BCUT2D eigenvalue weighted by molar-refractivity contribution is -0.137. The summed E-state index contributed by atoms with van der Waals surface area (Å²) in [6.07, 6.45) is 0.0666. The fourth-order valence-corrected chi connectivity index (χ4v) is 4.28. The Hall–Kier alpha value is -1.55. The third-order valence-corrected chi connectivity index (χ3v) is 6.06. The summed E-state index contributed by atoms with van der Waals surface area (Å²) in [6.45, 7) is 0. The molecule has 128 valence electrons. The van der Waals surface area contributed by atoms with E-state index in [1.165, 1.54) is 6.07 Å². The summed E-state index contributed by atoms with van der Waals surface area (Å²) < 4.78 is 38.3. The van der Waals surface area contributed by atoms with Crippen LogP contribution in [0.3, 0.4) is 0 Å². The maximum absolute atomic E-state index is 12.7. The number of rotatable bonds is 2. The lowest BCUT2D eigenvalue weighted by Crippen LogP contribution is -2.56. The highest BCUT2D eigenvalue weighted by Crippen LogP contribution is 2.52. The van der Waals surface area contributed by atoms with Gasteiger partial charge in [0, 0.05) is 10.0 Å². The average Bonchev–Trinajstić information content (AvgIpc) is 2.55. The molecule has 1 N–H and O–H groups in total. The topological polar surface area (TPSA) is 52.9 Å². The minimum absolute atomic E-state index is 0.129. The maximum Gasteiger partial charge on any atom is 0.416 e. The minimum atomic E-state index is -4.44. The highest BCUT2D eigenvalue weighted by molar-refractivity contribution is 9.10. The van der Waals surface area contributed by atoms with Crippen LogP contribution in [-0.2, 0) is 6.18 Å². The molecular formula is C17H16BrF3N2O. The number of halogens is 4. The molecule has 3 nitrogen and oxygen atoms in total. The molecule has 0 atom stereocenters. The van der Waals surface area contributed by atoms with Crippen LogP contribution >= 0.6 is 15.9 Å². The number of carbonyl (C=O) groups excluding carboxylic acids is 1. The molecule has 2 bridgehead atoms. The number of amides is 1. The fourth-order valence-electron chi connectivity index (χ4n) is 3.72. The molecule has 1 aromatic rings. The van der Waals surface area contributed by atoms with E-state index in [0.29, 0.717) is 0 Å². The summed E-state index contributed by atoms with van der Waals surface area (Å²) in [4.78, 5) is 12.5. The van der Waals surface area contributed by atoms with Gasteiger partial charge in [-0.2, -0.15) is 18.4 Å². The molecule has 0 saturated heterocycles. The van der Waals surface area contributed by atoms with Crippen molar-refractivity contribution in [1.82, 2.24) is 5.32 Å².